The lowest BCUT2D eigenvalue weighted by Crippen LogP contribution is -2.54. The Kier molecular flexibility index (Phi) is 11.9. The van der Waals surface area contributed by atoms with Crippen LogP contribution in [0.3, 0.4) is 0 Å². The number of sulfonamides is 1. The number of nitrogens with one attached hydrogen (secondary N) is 1. The number of amides is 2. The van der Waals surface area contributed by atoms with E-state index in [1.807, 2.05) is 6.92 Å². The van der Waals surface area contributed by atoms with E-state index in [-0.39, 0.29) is 27.9 Å². The van der Waals surface area contributed by atoms with Crippen LogP contribution in [0.25, 0.3) is 0 Å². The highest BCUT2D eigenvalue weighted by Gasteiger charge is 2.37. The van der Waals surface area contributed by atoms with E-state index in [2.05, 4.69) is 5.32 Å². The lowest BCUT2D eigenvalue weighted by atomic mass is 10.0. The topological polar surface area (TPSA) is 86.8 Å². The molecule has 0 radical (unpaired) electrons. The van der Waals surface area contributed by atoms with Gasteiger partial charge in [0, 0.05) is 24.6 Å². The van der Waals surface area contributed by atoms with Gasteiger partial charge in [-0.1, -0.05) is 85.3 Å². The van der Waals surface area contributed by atoms with Gasteiger partial charge in [-0.3, -0.25) is 13.9 Å². The van der Waals surface area contributed by atoms with Gasteiger partial charge in [-0.2, -0.15) is 13.2 Å². The minimum atomic E-state index is -4.86. The molecule has 0 heterocycles. The highest BCUT2D eigenvalue weighted by atomic mass is 35.5. The van der Waals surface area contributed by atoms with Crippen LogP contribution in [-0.2, 0) is 38.8 Å². The molecule has 0 bridgehead atoms. The van der Waals surface area contributed by atoms with Crippen LogP contribution in [0.1, 0.15) is 37.0 Å². The third-order valence-corrected chi connectivity index (χ3v) is 9.82. The van der Waals surface area contributed by atoms with Crippen molar-refractivity contribution in [2.45, 2.75) is 56.4 Å². The van der Waals surface area contributed by atoms with Gasteiger partial charge in [0.2, 0.25) is 11.8 Å². The molecule has 4 aromatic carbocycles. The van der Waals surface area contributed by atoms with E-state index in [1.54, 1.807) is 49.4 Å². The number of carbonyl (C=O) groups excluding carboxylic acids is 2. The molecule has 13 heteroatoms. The molecule has 0 spiro atoms. The molecule has 0 fully saturated rings. The monoisotopic (exact) mass is 703 g/mol. The molecule has 0 saturated heterocycles. The quantitative estimate of drug-likeness (QED) is 0.149. The van der Waals surface area contributed by atoms with E-state index in [4.69, 9.17) is 11.6 Å². The van der Waals surface area contributed by atoms with Gasteiger partial charge in [0.05, 0.1) is 21.2 Å². The fourth-order valence-corrected chi connectivity index (χ4v) is 6.63. The second-order valence-corrected chi connectivity index (χ2v) is 13.4. The summed E-state index contributed by atoms with van der Waals surface area (Å²) in [5.74, 6) is -2.23. The van der Waals surface area contributed by atoms with Crippen LogP contribution in [0, 0.1) is 5.82 Å². The summed E-state index contributed by atoms with van der Waals surface area (Å²) in [6, 6.07) is 21.7. The summed E-state index contributed by atoms with van der Waals surface area (Å²) in [6.45, 7) is 2.11. The molecule has 254 valence electrons. The molecular formula is C35H34ClF4N3O4S. The first-order valence-electron chi connectivity index (χ1n) is 15.0. The maximum absolute atomic E-state index is 15.0. The summed E-state index contributed by atoms with van der Waals surface area (Å²) < 4.78 is 85.1. The van der Waals surface area contributed by atoms with Crippen LogP contribution in [0.4, 0.5) is 23.2 Å². The minimum Gasteiger partial charge on any atom is -0.352 e. The largest absolute Gasteiger partial charge is 0.416 e. The zero-order valence-corrected chi connectivity index (χ0v) is 27.7. The van der Waals surface area contributed by atoms with E-state index in [0.29, 0.717) is 28.4 Å². The van der Waals surface area contributed by atoms with E-state index in [9.17, 15) is 31.2 Å². The predicted molar refractivity (Wildman–Crippen MR) is 176 cm³/mol. The summed E-state index contributed by atoms with van der Waals surface area (Å²) in [6.07, 6.45) is -4.33. The van der Waals surface area contributed by atoms with Crippen molar-refractivity contribution in [2.24, 2.45) is 0 Å². The number of rotatable bonds is 13. The minimum absolute atomic E-state index is 0.0287. The Morgan fingerprint density at radius 2 is 1.50 bits per heavy atom. The third kappa shape index (κ3) is 8.93. The average Bonchev–Trinajstić information content (AvgIpc) is 3.06. The number of benzene rings is 4. The number of halogens is 5. The summed E-state index contributed by atoms with van der Waals surface area (Å²) in [4.78, 5) is 29.0. The van der Waals surface area contributed by atoms with E-state index in [1.165, 1.54) is 42.5 Å². The summed E-state index contributed by atoms with van der Waals surface area (Å²) in [7, 11) is -4.72. The van der Waals surface area contributed by atoms with Crippen LogP contribution in [0.15, 0.2) is 108 Å². The van der Waals surface area contributed by atoms with Crippen LogP contribution in [0.5, 0.6) is 0 Å². The Bertz CT molecular complexity index is 1830. The van der Waals surface area contributed by atoms with Crippen molar-refractivity contribution in [3.63, 3.8) is 0 Å². The molecule has 0 saturated carbocycles. The Hall–Kier alpha value is -4.42. The molecule has 2 amide bonds. The summed E-state index contributed by atoms with van der Waals surface area (Å²) in [5, 5.41) is 2.49. The zero-order valence-electron chi connectivity index (χ0n) is 26.1. The lowest BCUT2D eigenvalue weighted by Gasteiger charge is -2.34. The maximum atomic E-state index is 15.0. The van der Waals surface area contributed by atoms with E-state index >= 15 is 4.39 Å². The standard InChI is InChI=1S/C35H34ClF4N3O4S/c1-3-24(2)41-34(45)32(20-25-12-6-4-7-13-25)42(22-26-14-10-11-17-30(26)37)33(44)23-43(48(46,47)28-15-8-5-9-16-28)31-21-27(35(38,39)40)18-19-29(31)36/h4-19,21,24,32H,3,20,22-23H2,1-2H3,(H,41,45)/t24-,32+/m0/s1. The van der Waals surface area contributed by atoms with Gasteiger partial charge < -0.3 is 10.2 Å². The predicted octanol–water partition coefficient (Wildman–Crippen LogP) is 7.25. The molecule has 1 N–H and O–H groups in total. The Morgan fingerprint density at radius 1 is 0.896 bits per heavy atom. The van der Waals surface area contributed by atoms with Gasteiger partial charge in [-0.15, -0.1) is 0 Å². The first-order chi connectivity index (χ1) is 22.7. The van der Waals surface area contributed by atoms with Gasteiger partial charge in [0.1, 0.15) is 18.4 Å². The maximum Gasteiger partial charge on any atom is 0.416 e. The van der Waals surface area contributed by atoms with Crippen LogP contribution in [0.2, 0.25) is 5.02 Å². The third-order valence-electron chi connectivity index (χ3n) is 7.72. The fourth-order valence-electron chi connectivity index (χ4n) is 4.92. The van der Waals surface area contributed by atoms with Gasteiger partial charge in [-0.25, -0.2) is 12.8 Å². The molecular weight excluding hydrogens is 670 g/mol. The molecule has 4 aromatic rings. The average molecular weight is 704 g/mol. The molecule has 0 aromatic heterocycles. The van der Waals surface area contributed by atoms with Crippen molar-refractivity contribution < 1.29 is 35.6 Å². The van der Waals surface area contributed by atoms with Crippen LogP contribution >= 0.6 is 11.6 Å². The fraction of sp³-hybridized carbons (Fsp3) is 0.257. The number of nitrogens with zero attached hydrogens (tertiary/aromatic N) is 2. The molecule has 0 aliphatic carbocycles. The summed E-state index contributed by atoms with van der Waals surface area (Å²) >= 11 is 6.33. The normalized spacial score (nSPS) is 13.0. The zero-order chi connectivity index (χ0) is 35.1. The number of hydrogen-bond acceptors (Lipinski definition) is 4. The van der Waals surface area contributed by atoms with Gasteiger partial charge in [-0.05, 0) is 55.3 Å². The van der Waals surface area contributed by atoms with E-state index < -0.39 is 64.2 Å². The van der Waals surface area contributed by atoms with Crippen molar-refractivity contribution in [3.8, 4) is 0 Å². The number of carbonyl (C=O) groups is 2. The van der Waals surface area contributed by atoms with Crippen molar-refractivity contribution in [2.75, 3.05) is 10.8 Å². The molecule has 0 aliphatic rings. The van der Waals surface area contributed by atoms with Crippen molar-refractivity contribution >= 4 is 39.1 Å². The lowest BCUT2D eigenvalue weighted by molar-refractivity contribution is -0.140. The summed E-state index contributed by atoms with van der Waals surface area (Å²) in [5.41, 5.74) is -1.10. The van der Waals surface area contributed by atoms with Crippen LogP contribution < -0.4 is 9.62 Å². The second-order valence-electron chi connectivity index (χ2n) is 11.1. The molecule has 4 rings (SSSR count). The molecule has 0 aliphatic heterocycles. The Balaban J connectivity index is 1.88. The van der Waals surface area contributed by atoms with Gasteiger partial charge in [0.15, 0.2) is 0 Å². The van der Waals surface area contributed by atoms with Gasteiger partial charge >= 0.3 is 6.18 Å². The Labute approximate surface area is 282 Å². The van der Waals surface area contributed by atoms with Crippen molar-refractivity contribution in [3.05, 3.63) is 131 Å². The first-order valence-corrected chi connectivity index (χ1v) is 16.9. The number of hydrogen-bond donors (Lipinski definition) is 1. The highest BCUT2D eigenvalue weighted by Crippen LogP contribution is 2.37. The first kappa shape index (κ1) is 36.4. The SMILES string of the molecule is CC[C@H](C)NC(=O)[C@@H](Cc1ccccc1)N(Cc1ccccc1F)C(=O)CN(c1cc(C(F)(F)F)ccc1Cl)S(=O)(=O)c1ccccc1. The number of anilines is 1. The van der Waals surface area contributed by atoms with Crippen molar-refractivity contribution in [1.29, 1.82) is 0 Å². The molecule has 7 nitrogen and oxygen atoms in total. The molecule has 48 heavy (non-hydrogen) atoms. The Morgan fingerprint density at radius 3 is 2.10 bits per heavy atom. The van der Waals surface area contributed by atoms with Crippen LogP contribution in [-0.4, -0.2) is 43.8 Å². The smallest absolute Gasteiger partial charge is 0.352 e. The van der Waals surface area contributed by atoms with E-state index in [0.717, 1.165) is 11.0 Å². The molecule has 0 unspecified atom stereocenters. The van der Waals surface area contributed by atoms with Gasteiger partial charge in [0.25, 0.3) is 10.0 Å². The molecule has 2 atom stereocenters. The second kappa shape index (κ2) is 15.7. The highest BCUT2D eigenvalue weighted by molar-refractivity contribution is 7.92. The van der Waals surface area contributed by atoms with Crippen molar-refractivity contribution in [1.82, 2.24) is 10.2 Å². The number of alkyl halides is 3.